The molecule has 2 aromatic rings. The maximum Gasteiger partial charge on any atom is 0.129 e. The molecule has 0 bridgehead atoms. The van der Waals surface area contributed by atoms with Crippen molar-refractivity contribution in [2.45, 2.75) is 0 Å². The molecule has 0 saturated carbocycles. The van der Waals surface area contributed by atoms with Crippen molar-refractivity contribution in [2.24, 2.45) is 7.05 Å². The Hall–Kier alpha value is -0.870. The Morgan fingerprint density at radius 3 is 2.79 bits per heavy atom. The van der Waals surface area contributed by atoms with Gasteiger partial charge in [0.25, 0.3) is 0 Å². The van der Waals surface area contributed by atoms with E-state index >= 15 is 0 Å². The highest BCUT2D eigenvalue weighted by Crippen LogP contribution is 2.21. The lowest BCUT2D eigenvalue weighted by atomic mass is 10.3. The van der Waals surface area contributed by atoms with Crippen molar-refractivity contribution >= 4 is 27.5 Å². The largest absolute Gasteiger partial charge is 0.265 e. The number of aryl methyl sites for hydroxylation is 1. The molecule has 3 nitrogen and oxygen atoms in total. The SMILES string of the molecule is Cn1nc(Br)cc1-c1cccc(Cl)n1. The minimum atomic E-state index is 0.486. The number of aromatic nitrogens is 3. The number of hydrogen-bond donors (Lipinski definition) is 0. The second kappa shape index (κ2) is 3.71. The first-order valence-corrected chi connectivity index (χ1v) is 5.16. The quantitative estimate of drug-likeness (QED) is 0.747. The van der Waals surface area contributed by atoms with E-state index in [1.807, 2.05) is 25.2 Å². The number of nitrogens with zero attached hydrogens (tertiary/aromatic N) is 3. The normalized spacial score (nSPS) is 10.5. The van der Waals surface area contributed by atoms with Gasteiger partial charge < -0.3 is 0 Å². The molecule has 2 heterocycles. The predicted octanol–water partition coefficient (Wildman–Crippen LogP) is 2.90. The van der Waals surface area contributed by atoms with Gasteiger partial charge in [-0.05, 0) is 28.1 Å². The minimum absolute atomic E-state index is 0.486. The maximum absolute atomic E-state index is 5.80. The molecule has 2 rings (SSSR count). The molecular weight excluding hydrogens is 265 g/mol. The van der Waals surface area contributed by atoms with Crippen LogP contribution in [0.15, 0.2) is 28.9 Å². The van der Waals surface area contributed by atoms with Crippen LogP contribution in [0, 0.1) is 0 Å². The highest BCUT2D eigenvalue weighted by Gasteiger charge is 2.06. The van der Waals surface area contributed by atoms with E-state index in [1.54, 1.807) is 10.7 Å². The lowest BCUT2D eigenvalue weighted by Gasteiger charge is -2.00. The summed E-state index contributed by atoms with van der Waals surface area (Å²) in [5.74, 6) is 0. The van der Waals surface area contributed by atoms with Crippen LogP contribution in [-0.4, -0.2) is 14.8 Å². The lowest BCUT2D eigenvalue weighted by molar-refractivity contribution is 0.766. The van der Waals surface area contributed by atoms with Crippen molar-refractivity contribution in [1.29, 1.82) is 0 Å². The molecule has 0 fully saturated rings. The van der Waals surface area contributed by atoms with E-state index in [0.29, 0.717) is 5.15 Å². The van der Waals surface area contributed by atoms with E-state index in [9.17, 15) is 0 Å². The van der Waals surface area contributed by atoms with Crippen molar-refractivity contribution in [1.82, 2.24) is 14.8 Å². The monoisotopic (exact) mass is 271 g/mol. The smallest absolute Gasteiger partial charge is 0.129 e. The standard InChI is InChI=1S/C9H7BrClN3/c1-14-7(5-8(10)13-14)6-3-2-4-9(11)12-6/h2-5H,1H3. The van der Waals surface area contributed by atoms with Crippen LogP contribution in [0.3, 0.4) is 0 Å². The van der Waals surface area contributed by atoms with Crippen molar-refractivity contribution in [3.05, 3.63) is 34.0 Å². The summed E-state index contributed by atoms with van der Waals surface area (Å²) < 4.78 is 2.54. The van der Waals surface area contributed by atoms with Gasteiger partial charge in [0.2, 0.25) is 0 Å². The zero-order valence-corrected chi connectivity index (χ0v) is 9.75. The summed E-state index contributed by atoms with van der Waals surface area (Å²) in [6.07, 6.45) is 0. The van der Waals surface area contributed by atoms with Crippen molar-refractivity contribution in [3.8, 4) is 11.4 Å². The van der Waals surface area contributed by atoms with Gasteiger partial charge in [0, 0.05) is 13.1 Å². The van der Waals surface area contributed by atoms with Crippen LogP contribution in [0.25, 0.3) is 11.4 Å². The van der Waals surface area contributed by atoms with Crippen LogP contribution in [0.5, 0.6) is 0 Å². The summed E-state index contributed by atoms with van der Waals surface area (Å²) in [5, 5.41) is 4.65. The van der Waals surface area contributed by atoms with E-state index in [-0.39, 0.29) is 0 Å². The van der Waals surface area contributed by atoms with Gasteiger partial charge in [0.1, 0.15) is 9.76 Å². The molecule has 72 valence electrons. The zero-order valence-electron chi connectivity index (χ0n) is 7.41. The fourth-order valence-electron chi connectivity index (χ4n) is 1.22. The first-order valence-electron chi connectivity index (χ1n) is 3.99. The highest BCUT2D eigenvalue weighted by molar-refractivity contribution is 9.10. The van der Waals surface area contributed by atoms with E-state index in [1.165, 1.54) is 0 Å². The molecule has 5 heteroatoms. The molecule has 0 aliphatic heterocycles. The average Bonchev–Trinajstić information content (AvgIpc) is 2.45. The molecule has 0 aliphatic carbocycles. The molecule has 0 aliphatic rings. The van der Waals surface area contributed by atoms with Gasteiger partial charge in [-0.15, -0.1) is 0 Å². The molecule has 0 aromatic carbocycles. The molecule has 0 saturated heterocycles. The van der Waals surface area contributed by atoms with E-state index in [2.05, 4.69) is 26.0 Å². The lowest BCUT2D eigenvalue weighted by Crippen LogP contribution is -1.94. The summed E-state index contributed by atoms with van der Waals surface area (Å²) in [6, 6.07) is 7.41. The molecule has 14 heavy (non-hydrogen) atoms. The Bertz CT molecular complexity index is 467. The van der Waals surface area contributed by atoms with Crippen molar-refractivity contribution in [3.63, 3.8) is 0 Å². The van der Waals surface area contributed by atoms with Crippen molar-refractivity contribution < 1.29 is 0 Å². The van der Waals surface area contributed by atoms with Crippen LogP contribution < -0.4 is 0 Å². The molecule has 2 aromatic heterocycles. The van der Waals surface area contributed by atoms with Gasteiger partial charge >= 0.3 is 0 Å². The second-order valence-electron chi connectivity index (χ2n) is 2.82. The van der Waals surface area contributed by atoms with Gasteiger partial charge in [-0.25, -0.2) is 4.98 Å². The van der Waals surface area contributed by atoms with Gasteiger partial charge in [-0.3, -0.25) is 4.68 Å². The molecule has 0 amide bonds. The van der Waals surface area contributed by atoms with Crippen molar-refractivity contribution in [2.75, 3.05) is 0 Å². The molecular formula is C9H7BrClN3. The van der Waals surface area contributed by atoms with Gasteiger partial charge in [0.15, 0.2) is 0 Å². The Balaban J connectivity index is 2.54. The summed E-state index contributed by atoms with van der Waals surface area (Å²) in [5.41, 5.74) is 1.75. The third-order valence-corrected chi connectivity index (χ3v) is 2.43. The fourth-order valence-corrected chi connectivity index (χ4v) is 1.84. The molecule has 0 spiro atoms. The van der Waals surface area contributed by atoms with Gasteiger partial charge in [-0.1, -0.05) is 17.7 Å². The molecule has 0 unspecified atom stereocenters. The number of hydrogen-bond acceptors (Lipinski definition) is 2. The molecule has 0 radical (unpaired) electrons. The Morgan fingerprint density at radius 1 is 1.43 bits per heavy atom. The minimum Gasteiger partial charge on any atom is -0.265 e. The summed E-state index contributed by atoms with van der Waals surface area (Å²) in [4.78, 5) is 4.20. The second-order valence-corrected chi connectivity index (χ2v) is 4.02. The number of rotatable bonds is 1. The first kappa shape index (κ1) is 9.68. The van der Waals surface area contributed by atoms with E-state index < -0.39 is 0 Å². The molecule has 0 atom stereocenters. The van der Waals surface area contributed by atoms with Crippen LogP contribution in [0.4, 0.5) is 0 Å². The van der Waals surface area contributed by atoms with Crippen LogP contribution in [0.2, 0.25) is 5.15 Å². The third-order valence-electron chi connectivity index (χ3n) is 1.83. The summed E-state index contributed by atoms with van der Waals surface area (Å²) in [7, 11) is 1.86. The maximum atomic E-state index is 5.80. The topological polar surface area (TPSA) is 30.7 Å². The highest BCUT2D eigenvalue weighted by atomic mass is 79.9. The predicted molar refractivity (Wildman–Crippen MR) is 59.1 cm³/mol. The Labute approximate surface area is 94.9 Å². The van der Waals surface area contributed by atoms with Crippen LogP contribution in [0.1, 0.15) is 0 Å². The number of pyridine rings is 1. The Morgan fingerprint density at radius 2 is 2.21 bits per heavy atom. The summed E-state index contributed by atoms with van der Waals surface area (Å²) >= 11 is 9.11. The van der Waals surface area contributed by atoms with E-state index in [4.69, 9.17) is 11.6 Å². The van der Waals surface area contributed by atoms with Crippen LogP contribution in [-0.2, 0) is 7.05 Å². The zero-order chi connectivity index (χ0) is 10.1. The third kappa shape index (κ3) is 1.81. The fraction of sp³-hybridized carbons (Fsp3) is 0.111. The number of halogens is 2. The summed E-state index contributed by atoms with van der Waals surface area (Å²) in [6.45, 7) is 0. The van der Waals surface area contributed by atoms with Gasteiger partial charge in [0.05, 0.1) is 11.4 Å². The Kier molecular flexibility index (Phi) is 2.56. The average molecular weight is 273 g/mol. The van der Waals surface area contributed by atoms with Crippen LogP contribution >= 0.6 is 27.5 Å². The van der Waals surface area contributed by atoms with E-state index in [0.717, 1.165) is 16.0 Å². The molecule has 0 N–H and O–H groups in total. The van der Waals surface area contributed by atoms with Gasteiger partial charge in [-0.2, -0.15) is 5.10 Å². The first-order chi connectivity index (χ1) is 6.66.